The first-order valence-corrected chi connectivity index (χ1v) is 8.68. The van der Waals surface area contributed by atoms with Gasteiger partial charge in [0.05, 0.1) is 0 Å². The Kier molecular flexibility index (Phi) is 2.70. The Balaban J connectivity index is 1.75. The molecule has 1 aromatic rings. The van der Waals surface area contributed by atoms with Gasteiger partial charge in [0.15, 0.2) is 11.5 Å². The zero-order valence-electron chi connectivity index (χ0n) is 12.9. The second kappa shape index (κ2) is 4.54. The summed E-state index contributed by atoms with van der Waals surface area (Å²) in [6.07, 6.45) is 7.40. The normalized spacial score (nSPS) is 35.5. The lowest BCUT2D eigenvalue weighted by atomic mass is 9.52. The van der Waals surface area contributed by atoms with Crippen LogP contribution in [0.4, 0.5) is 0 Å². The van der Waals surface area contributed by atoms with Crippen molar-refractivity contribution in [2.45, 2.75) is 50.0 Å². The van der Waals surface area contributed by atoms with Gasteiger partial charge in [-0.1, -0.05) is 12.8 Å². The lowest BCUT2D eigenvalue weighted by Crippen LogP contribution is -2.59. The number of phenols is 1. The first-order chi connectivity index (χ1) is 10.8. The molecule has 2 bridgehead atoms. The van der Waals surface area contributed by atoms with Crippen molar-refractivity contribution in [3.8, 4) is 17.2 Å². The summed E-state index contributed by atoms with van der Waals surface area (Å²) in [4.78, 5) is 0. The van der Waals surface area contributed by atoms with Gasteiger partial charge in [0.25, 0.3) is 0 Å². The van der Waals surface area contributed by atoms with Crippen molar-refractivity contribution in [3.05, 3.63) is 17.2 Å². The van der Waals surface area contributed by atoms with Gasteiger partial charge in [-0.15, -0.1) is 0 Å². The van der Waals surface area contributed by atoms with Crippen LogP contribution in [0.2, 0.25) is 0 Å². The minimum atomic E-state index is 0.245. The van der Waals surface area contributed by atoms with Crippen molar-refractivity contribution in [1.82, 2.24) is 5.32 Å². The van der Waals surface area contributed by atoms with Crippen molar-refractivity contribution < 1.29 is 14.6 Å². The molecule has 3 atom stereocenters. The van der Waals surface area contributed by atoms with Gasteiger partial charge in [-0.05, 0) is 49.8 Å². The predicted octanol–water partition coefficient (Wildman–Crippen LogP) is 2.51. The molecular weight excluding hydrogens is 278 g/mol. The standard InChI is InChI=1S/C18H23NO3/c20-15-10-13-11(16-17(15)22-8-7-21-16)9-14-12-3-1-2-4-18(12,13)5-6-19-14/h10,12,14,19-20H,1-9H2/t12-,14?,18+/m1/s1. The number of ether oxygens (including phenoxy) is 2. The Hall–Kier alpha value is -1.42. The molecule has 1 aromatic carbocycles. The number of aromatic hydroxyl groups is 1. The van der Waals surface area contributed by atoms with Gasteiger partial charge in [-0.3, -0.25) is 0 Å². The summed E-state index contributed by atoms with van der Waals surface area (Å²) in [5.41, 5.74) is 2.90. The van der Waals surface area contributed by atoms with E-state index < -0.39 is 0 Å². The van der Waals surface area contributed by atoms with E-state index in [2.05, 4.69) is 5.32 Å². The van der Waals surface area contributed by atoms with Crippen LogP contribution < -0.4 is 14.8 Å². The van der Waals surface area contributed by atoms with Crippen molar-refractivity contribution in [3.63, 3.8) is 0 Å². The molecule has 4 heteroatoms. The number of rotatable bonds is 0. The maximum absolute atomic E-state index is 10.5. The quantitative estimate of drug-likeness (QED) is 0.773. The van der Waals surface area contributed by atoms with E-state index in [1.807, 2.05) is 6.07 Å². The highest BCUT2D eigenvalue weighted by Gasteiger charge is 2.52. The maximum atomic E-state index is 10.5. The number of piperidine rings is 1. The molecular formula is C18H23NO3. The maximum Gasteiger partial charge on any atom is 0.203 e. The highest BCUT2D eigenvalue weighted by Crippen LogP contribution is 2.58. The van der Waals surface area contributed by atoms with E-state index >= 15 is 0 Å². The average molecular weight is 301 g/mol. The van der Waals surface area contributed by atoms with Gasteiger partial charge >= 0.3 is 0 Å². The summed E-state index contributed by atoms with van der Waals surface area (Å²) < 4.78 is 11.6. The topological polar surface area (TPSA) is 50.7 Å². The number of nitrogens with one attached hydrogen (secondary N) is 1. The molecule has 2 aliphatic carbocycles. The Morgan fingerprint density at radius 2 is 2.00 bits per heavy atom. The van der Waals surface area contributed by atoms with Crippen LogP contribution in [-0.2, 0) is 11.8 Å². The molecule has 1 saturated heterocycles. The van der Waals surface area contributed by atoms with E-state index in [4.69, 9.17) is 9.47 Å². The summed E-state index contributed by atoms with van der Waals surface area (Å²) in [5, 5.41) is 14.2. The molecule has 0 amide bonds. The lowest BCUT2D eigenvalue weighted by molar-refractivity contribution is 0.0760. The Bertz CT molecular complexity index is 625. The van der Waals surface area contributed by atoms with Crippen molar-refractivity contribution in [2.75, 3.05) is 19.8 Å². The van der Waals surface area contributed by atoms with E-state index in [0.29, 0.717) is 30.9 Å². The van der Waals surface area contributed by atoms with Gasteiger partial charge in [0, 0.05) is 17.0 Å². The molecule has 2 N–H and O–H groups in total. The fraction of sp³-hybridized carbons (Fsp3) is 0.667. The van der Waals surface area contributed by atoms with Gasteiger partial charge in [0.1, 0.15) is 13.2 Å². The fourth-order valence-electron chi connectivity index (χ4n) is 5.58. The summed E-state index contributed by atoms with van der Waals surface area (Å²) in [7, 11) is 0. The summed E-state index contributed by atoms with van der Waals surface area (Å²) >= 11 is 0. The van der Waals surface area contributed by atoms with Gasteiger partial charge in [-0.2, -0.15) is 0 Å². The monoisotopic (exact) mass is 301 g/mol. The van der Waals surface area contributed by atoms with E-state index in [1.54, 1.807) is 0 Å². The van der Waals surface area contributed by atoms with Crippen LogP contribution in [0.5, 0.6) is 17.2 Å². The molecule has 4 nitrogen and oxygen atoms in total. The van der Waals surface area contributed by atoms with Crippen LogP contribution in [0.3, 0.4) is 0 Å². The number of fused-ring (bicyclic) bond motifs is 3. The Morgan fingerprint density at radius 3 is 2.91 bits per heavy atom. The first-order valence-electron chi connectivity index (χ1n) is 8.68. The number of phenolic OH excluding ortho intramolecular Hbond substituents is 1. The van der Waals surface area contributed by atoms with E-state index in [1.165, 1.54) is 43.2 Å². The molecule has 0 aromatic heterocycles. The third-order valence-corrected chi connectivity index (χ3v) is 6.42. The molecule has 1 unspecified atom stereocenters. The third kappa shape index (κ3) is 1.56. The predicted molar refractivity (Wildman–Crippen MR) is 82.8 cm³/mol. The number of benzene rings is 1. The second-order valence-electron chi connectivity index (χ2n) is 7.30. The summed E-state index contributed by atoms with van der Waals surface area (Å²) in [6.45, 7) is 2.20. The van der Waals surface area contributed by atoms with Crippen LogP contribution >= 0.6 is 0 Å². The molecule has 2 heterocycles. The molecule has 0 spiro atoms. The lowest BCUT2D eigenvalue weighted by Gasteiger charge is -2.56. The number of hydrogen-bond acceptors (Lipinski definition) is 4. The van der Waals surface area contributed by atoms with Crippen molar-refractivity contribution in [2.24, 2.45) is 5.92 Å². The average Bonchev–Trinajstić information content (AvgIpc) is 2.56. The zero-order chi connectivity index (χ0) is 14.7. The van der Waals surface area contributed by atoms with E-state index in [0.717, 1.165) is 18.7 Å². The van der Waals surface area contributed by atoms with Crippen LogP contribution in [0.1, 0.15) is 43.2 Å². The third-order valence-electron chi connectivity index (χ3n) is 6.42. The zero-order valence-corrected chi connectivity index (χ0v) is 12.9. The molecule has 2 fully saturated rings. The SMILES string of the molecule is Oc1cc2c(c3c1OCCO3)CC1NCC[C@]23CCCC[C@H]13. The van der Waals surface area contributed by atoms with Crippen LogP contribution in [0.25, 0.3) is 0 Å². The molecule has 5 rings (SSSR count). The molecule has 22 heavy (non-hydrogen) atoms. The number of hydrogen-bond donors (Lipinski definition) is 2. The van der Waals surface area contributed by atoms with E-state index in [9.17, 15) is 5.11 Å². The molecule has 1 saturated carbocycles. The fourth-order valence-corrected chi connectivity index (χ4v) is 5.58. The highest BCUT2D eigenvalue weighted by molar-refractivity contribution is 5.62. The summed E-state index contributed by atoms with van der Waals surface area (Å²) in [5.74, 6) is 2.36. The molecule has 2 aliphatic heterocycles. The summed E-state index contributed by atoms with van der Waals surface area (Å²) in [6, 6.07) is 2.56. The van der Waals surface area contributed by atoms with Gasteiger partial charge in [0.2, 0.25) is 5.75 Å². The van der Waals surface area contributed by atoms with Crippen LogP contribution in [0, 0.1) is 5.92 Å². The minimum absolute atomic E-state index is 0.245. The highest BCUT2D eigenvalue weighted by atomic mass is 16.6. The molecule has 118 valence electrons. The minimum Gasteiger partial charge on any atom is -0.504 e. The van der Waals surface area contributed by atoms with Crippen molar-refractivity contribution in [1.29, 1.82) is 0 Å². The van der Waals surface area contributed by atoms with Crippen molar-refractivity contribution >= 4 is 0 Å². The van der Waals surface area contributed by atoms with Crippen LogP contribution in [-0.4, -0.2) is 30.9 Å². The second-order valence-corrected chi connectivity index (χ2v) is 7.30. The first kappa shape index (κ1) is 13.1. The van der Waals surface area contributed by atoms with Gasteiger partial charge < -0.3 is 19.9 Å². The molecule has 0 radical (unpaired) electrons. The Morgan fingerprint density at radius 1 is 1.14 bits per heavy atom. The smallest absolute Gasteiger partial charge is 0.203 e. The molecule has 4 aliphatic rings. The van der Waals surface area contributed by atoms with Gasteiger partial charge in [-0.25, -0.2) is 0 Å². The largest absolute Gasteiger partial charge is 0.504 e. The Labute approximate surface area is 130 Å². The van der Waals surface area contributed by atoms with E-state index in [-0.39, 0.29) is 11.2 Å². The van der Waals surface area contributed by atoms with Crippen LogP contribution in [0.15, 0.2) is 6.07 Å².